The minimum atomic E-state index is -0.490. The Kier molecular flexibility index (Phi) is 3.39. The Labute approximate surface area is 120 Å². The SMILES string of the molecule is COC(=O)CC1Cn2nc(-c3ccccc3)nc2NC1=O. The highest BCUT2D eigenvalue weighted by Gasteiger charge is 2.30. The third-order valence-corrected chi connectivity index (χ3v) is 3.34. The van der Waals surface area contributed by atoms with Crippen molar-refractivity contribution in [1.82, 2.24) is 14.8 Å². The molecule has 1 aromatic carbocycles. The van der Waals surface area contributed by atoms with Gasteiger partial charge in [-0.3, -0.25) is 14.9 Å². The number of nitrogens with one attached hydrogen (secondary N) is 1. The van der Waals surface area contributed by atoms with E-state index in [2.05, 4.69) is 20.1 Å². The first-order chi connectivity index (χ1) is 10.2. The summed E-state index contributed by atoms with van der Waals surface area (Å²) in [5.74, 6) is -0.193. The number of carbonyl (C=O) groups is 2. The molecule has 7 nitrogen and oxygen atoms in total. The van der Waals surface area contributed by atoms with Gasteiger partial charge in [-0.15, -0.1) is 5.10 Å². The van der Waals surface area contributed by atoms with Gasteiger partial charge in [0.05, 0.1) is 26.0 Å². The molecule has 2 heterocycles. The maximum absolute atomic E-state index is 12.0. The predicted molar refractivity (Wildman–Crippen MR) is 74.2 cm³/mol. The maximum atomic E-state index is 12.0. The van der Waals surface area contributed by atoms with Crippen LogP contribution in [0.5, 0.6) is 0 Å². The van der Waals surface area contributed by atoms with E-state index >= 15 is 0 Å². The molecular weight excluding hydrogens is 272 g/mol. The van der Waals surface area contributed by atoms with Crippen LogP contribution in [0.4, 0.5) is 5.95 Å². The molecule has 0 saturated heterocycles. The number of ether oxygens (including phenoxy) is 1. The number of hydrogen-bond acceptors (Lipinski definition) is 5. The average molecular weight is 286 g/mol. The summed E-state index contributed by atoms with van der Waals surface area (Å²) in [7, 11) is 1.30. The summed E-state index contributed by atoms with van der Waals surface area (Å²) in [5.41, 5.74) is 0.873. The first-order valence-electron chi connectivity index (χ1n) is 6.55. The number of carbonyl (C=O) groups excluding carboxylic acids is 2. The van der Waals surface area contributed by atoms with Crippen molar-refractivity contribution >= 4 is 17.8 Å². The fourth-order valence-corrected chi connectivity index (χ4v) is 2.22. The Morgan fingerprint density at radius 3 is 2.90 bits per heavy atom. The Hall–Kier alpha value is -2.70. The molecule has 1 amide bonds. The van der Waals surface area contributed by atoms with Crippen molar-refractivity contribution in [2.45, 2.75) is 13.0 Å². The molecule has 0 aliphatic carbocycles. The van der Waals surface area contributed by atoms with Crippen molar-refractivity contribution in [3.63, 3.8) is 0 Å². The van der Waals surface area contributed by atoms with E-state index in [9.17, 15) is 9.59 Å². The minimum Gasteiger partial charge on any atom is -0.469 e. The van der Waals surface area contributed by atoms with Gasteiger partial charge in [-0.2, -0.15) is 4.98 Å². The minimum absolute atomic E-state index is 0.0301. The van der Waals surface area contributed by atoms with Crippen LogP contribution in [0, 0.1) is 5.92 Å². The number of anilines is 1. The molecule has 0 saturated carbocycles. The van der Waals surface area contributed by atoms with Crippen LogP contribution in [0.25, 0.3) is 11.4 Å². The van der Waals surface area contributed by atoms with Crippen molar-refractivity contribution in [3.8, 4) is 11.4 Å². The van der Waals surface area contributed by atoms with Crippen LogP contribution in [0.1, 0.15) is 6.42 Å². The first-order valence-corrected chi connectivity index (χ1v) is 6.55. The molecule has 0 bridgehead atoms. The molecule has 21 heavy (non-hydrogen) atoms. The van der Waals surface area contributed by atoms with E-state index in [0.717, 1.165) is 5.56 Å². The van der Waals surface area contributed by atoms with Gasteiger partial charge in [-0.1, -0.05) is 30.3 Å². The van der Waals surface area contributed by atoms with Gasteiger partial charge in [0.25, 0.3) is 0 Å². The molecule has 7 heteroatoms. The number of aromatic nitrogens is 3. The molecule has 0 fully saturated rings. The summed E-state index contributed by atoms with van der Waals surface area (Å²) < 4.78 is 6.21. The third-order valence-electron chi connectivity index (χ3n) is 3.34. The molecule has 1 atom stereocenters. The van der Waals surface area contributed by atoms with E-state index in [1.165, 1.54) is 7.11 Å². The second kappa shape index (κ2) is 5.35. The molecule has 1 unspecified atom stereocenters. The van der Waals surface area contributed by atoms with Crippen LogP contribution in [0.15, 0.2) is 30.3 Å². The van der Waals surface area contributed by atoms with E-state index < -0.39 is 11.9 Å². The quantitative estimate of drug-likeness (QED) is 0.853. The average Bonchev–Trinajstić information content (AvgIpc) is 2.91. The number of benzene rings is 1. The van der Waals surface area contributed by atoms with Gasteiger partial charge in [0.1, 0.15) is 0 Å². The fourth-order valence-electron chi connectivity index (χ4n) is 2.22. The third kappa shape index (κ3) is 2.62. The zero-order valence-electron chi connectivity index (χ0n) is 11.4. The van der Waals surface area contributed by atoms with Gasteiger partial charge in [0.2, 0.25) is 11.9 Å². The van der Waals surface area contributed by atoms with Crippen molar-refractivity contribution in [1.29, 1.82) is 0 Å². The summed E-state index contributed by atoms with van der Waals surface area (Å²) in [6.07, 6.45) is 0.0301. The van der Waals surface area contributed by atoms with E-state index in [1.54, 1.807) is 4.68 Å². The number of hydrogen-bond donors (Lipinski definition) is 1. The summed E-state index contributed by atoms with van der Waals surface area (Å²) in [6.45, 7) is 0.316. The van der Waals surface area contributed by atoms with Gasteiger partial charge in [0, 0.05) is 5.56 Å². The largest absolute Gasteiger partial charge is 0.469 e. The van der Waals surface area contributed by atoms with Gasteiger partial charge in [0.15, 0.2) is 5.82 Å². The lowest BCUT2D eigenvalue weighted by Gasteiger charge is -2.20. The van der Waals surface area contributed by atoms with Crippen LogP contribution in [0.3, 0.4) is 0 Å². The van der Waals surface area contributed by atoms with E-state index in [1.807, 2.05) is 30.3 Å². The van der Waals surface area contributed by atoms with E-state index in [0.29, 0.717) is 18.3 Å². The molecule has 3 rings (SSSR count). The Bertz CT molecular complexity index is 681. The molecule has 0 spiro atoms. The summed E-state index contributed by atoms with van der Waals surface area (Å²) >= 11 is 0. The smallest absolute Gasteiger partial charge is 0.306 e. The molecular formula is C14H14N4O3. The summed E-state index contributed by atoms with van der Waals surface area (Å²) in [6, 6.07) is 9.50. The van der Waals surface area contributed by atoms with Crippen LogP contribution in [0.2, 0.25) is 0 Å². The monoisotopic (exact) mass is 286 g/mol. The highest BCUT2D eigenvalue weighted by molar-refractivity contribution is 5.94. The molecule has 2 aromatic rings. The van der Waals surface area contributed by atoms with Gasteiger partial charge in [-0.25, -0.2) is 4.68 Å². The lowest BCUT2D eigenvalue weighted by molar-refractivity contribution is -0.143. The topological polar surface area (TPSA) is 86.1 Å². The molecule has 1 aliphatic heterocycles. The lowest BCUT2D eigenvalue weighted by atomic mass is 10.0. The summed E-state index contributed by atoms with van der Waals surface area (Å²) in [4.78, 5) is 27.6. The molecule has 1 aromatic heterocycles. The predicted octanol–water partition coefficient (Wildman–Crippen LogP) is 1.08. The van der Waals surface area contributed by atoms with E-state index in [4.69, 9.17) is 0 Å². The molecule has 1 aliphatic rings. The molecule has 0 radical (unpaired) electrons. The second-order valence-corrected chi connectivity index (χ2v) is 4.77. The number of nitrogens with zero attached hydrogens (tertiary/aromatic N) is 3. The number of rotatable bonds is 3. The van der Waals surface area contributed by atoms with Gasteiger partial charge >= 0.3 is 5.97 Å². The number of methoxy groups -OCH3 is 1. The maximum Gasteiger partial charge on any atom is 0.306 e. The van der Waals surface area contributed by atoms with Gasteiger partial charge in [-0.05, 0) is 0 Å². The first kappa shape index (κ1) is 13.3. The van der Waals surface area contributed by atoms with Crippen LogP contribution >= 0.6 is 0 Å². The zero-order valence-corrected chi connectivity index (χ0v) is 11.4. The standard InChI is InChI=1S/C14H14N4O3/c1-21-11(19)7-10-8-18-14(16-13(10)20)15-12(17-18)9-5-3-2-4-6-9/h2-6,10H,7-8H2,1H3,(H,15,16,17,20). The summed E-state index contributed by atoms with van der Waals surface area (Å²) in [5, 5.41) is 7.05. The van der Waals surface area contributed by atoms with Crippen molar-refractivity contribution < 1.29 is 14.3 Å². The van der Waals surface area contributed by atoms with Gasteiger partial charge < -0.3 is 4.74 Å². The fraction of sp³-hybridized carbons (Fsp3) is 0.286. The second-order valence-electron chi connectivity index (χ2n) is 4.77. The zero-order chi connectivity index (χ0) is 14.8. The lowest BCUT2D eigenvalue weighted by Crippen LogP contribution is -2.35. The van der Waals surface area contributed by atoms with Crippen molar-refractivity contribution in [2.24, 2.45) is 5.92 Å². The Morgan fingerprint density at radius 1 is 1.43 bits per heavy atom. The van der Waals surface area contributed by atoms with Crippen LogP contribution in [-0.2, 0) is 20.9 Å². The van der Waals surface area contributed by atoms with E-state index in [-0.39, 0.29) is 12.3 Å². The van der Waals surface area contributed by atoms with Crippen LogP contribution in [-0.4, -0.2) is 33.8 Å². The van der Waals surface area contributed by atoms with Crippen LogP contribution < -0.4 is 5.32 Å². The number of amides is 1. The van der Waals surface area contributed by atoms with Crippen molar-refractivity contribution in [2.75, 3.05) is 12.4 Å². The molecule has 108 valence electrons. The Morgan fingerprint density at radius 2 is 2.19 bits per heavy atom. The molecule has 1 N–H and O–H groups in total. The number of fused-ring (bicyclic) bond motifs is 1. The highest BCUT2D eigenvalue weighted by atomic mass is 16.5. The Balaban J connectivity index is 1.85. The normalized spacial score (nSPS) is 17.0. The van der Waals surface area contributed by atoms with Crippen molar-refractivity contribution in [3.05, 3.63) is 30.3 Å². The number of esters is 1. The highest BCUT2D eigenvalue weighted by Crippen LogP contribution is 2.23.